The molecular formula is C19H23FN2O3. The van der Waals surface area contributed by atoms with Gasteiger partial charge in [0, 0.05) is 31.2 Å². The van der Waals surface area contributed by atoms with Gasteiger partial charge in [-0.25, -0.2) is 9.18 Å². The molecule has 0 radical (unpaired) electrons. The second-order valence-electron chi connectivity index (χ2n) is 6.59. The molecule has 1 aromatic carbocycles. The first-order valence-electron chi connectivity index (χ1n) is 8.88. The Hall–Kier alpha value is -2.37. The largest absolute Gasteiger partial charge is 0.477 e. The molecule has 1 saturated heterocycles. The van der Waals surface area contributed by atoms with Crippen LogP contribution in [0.1, 0.15) is 49.4 Å². The molecule has 0 spiro atoms. The molecule has 1 aromatic heterocycles. The minimum absolute atomic E-state index is 0.134. The second-order valence-corrected chi connectivity index (χ2v) is 6.59. The Balaban J connectivity index is 2.20. The molecule has 6 heteroatoms. The van der Waals surface area contributed by atoms with E-state index in [2.05, 4.69) is 0 Å². The number of hydrogen-bond donors (Lipinski definition) is 1. The first kappa shape index (κ1) is 17.5. The predicted octanol–water partition coefficient (Wildman–Crippen LogP) is 3.63. The quantitative estimate of drug-likeness (QED) is 0.898. The monoisotopic (exact) mass is 346 g/mol. The minimum Gasteiger partial charge on any atom is -0.477 e. The molecular weight excluding hydrogens is 323 g/mol. The molecule has 2 heterocycles. The van der Waals surface area contributed by atoms with Crippen LogP contribution in [-0.4, -0.2) is 28.7 Å². The lowest BCUT2D eigenvalue weighted by atomic mass is 10.1. The summed E-state index contributed by atoms with van der Waals surface area (Å²) in [6.07, 6.45) is 6.38. The average molecular weight is 346 g/mol. The predicted molar refractivity (Wildman–Crippen MR) is 96.1 cm³/mol. The fourth-order valence-corrected chi connectivity index (χ4v) is 3.44. The van der Waals surface area contributed by atoms with Crippen LogP contribution < -0.4 is 10.3 Å². The molecule has 0 unspecified atom stereocenters. The van der Waals surface area contributed by atoms with Gasteiger partial charge in [0.15, 0.2) is 0 Å². The van der Waals surface area contributed by atoms with Crippen LogP contribution in [0.15, 0.2) is 23.1 Å². The Morgan fingerprint density at radius 3 is 2.60 bits per heavy atom. The highest BCUT2D eigenvalue weighted by molar-refractivity contribution is 5.93. The lowest BCUT2D eigenvalue weighted by molar-refractivity contribution is 0.0695. The van der Waals surface area contributed by atoms with Gasteiger partial charge < -0.3 is 14.6 Å². The van der Waals surface area contributed by atoms with Crippen LogP contribution >= 0.6 is 0 Å². The van der Waals surface area contributed by atoms with Crippen LogP contribution in [0.5, 0.6) is 0 Å². The summed E-state index contributed by atoms with van der Waals surface area (Å²) >= 11 is 0. The van der Waals surface area contributed by atoms with Gasteiger partial charge in [-0.1, -0.05) is 13.3 Å². The summed E-state index contributed by atoms with van der Waals surface area (Å²) in [5.41, 5.74) is 0.165. The third kappa shape index (κ3) is 3.38. The van der Waals surface area contributed by atoms with Gasteiger partial charge in [0.2, 0.25) is 5.43 Å². The van der Waals surface area contributed by atoms with Crippen molar-refractivity contribution < 1.29 is 14.3 Å². The first-order chi connectivity index (χ1) is 12.0. The number of unbranched alkanes of at least 4 members (excludes halogenated alkanes) is 1. The number of nitrogens with zero attached hydrogens (tertiary/aromatic N) is 2. The number of aromatic nitrogens is 1. The number of carboxylic acids is 1. The Labute approximate surface area is 145 Å². The Morgan fingerprint density at radius 2 is 1.96 bits per heavy atom. The van der Waals surface area contributed by atoms with Crippen LogP contribution in [-0.2, 0) is 6.54 Å². The number of fused-ring (bicyclic) bond motifs is 1. The maximum atomic E-state index is 14.7. The molecule has 2 aromatic rings. The summed E-state index contributed by atoms with van der Waals surface area (Å²) in [4.78, 5) is 25.8. The van der Waals surface area contributed by atoms with Crippen molar-refractivity contribution in [3.05, 3.63) is 39.9 Å². The third-order valence-corrected chi connectivity index (χ3v) is 4.83. The SMILES string of the molecule is CCCCn1cc(C(=O)O)c(=O)c2cc(F)c(N3CCCCC3)cc21. The normalized spacial score (nSPS) is 14.9. The molecule has 5 nitrogen and oxygen atoms in total. The van der Waals surface area contributed by atoms with E-state index in [1.54, 1.807) is 10.6 Å². The van der Waals surface area contributed by atoms with Crippen LogP contribution in [0.2, 0.25) is 0 Å². The molecule has 0 amide bonds. The first-order valence-corrected chi connectivity index (χ1v) is 8.88. The Kier molecular flexibility index (Phi) is 5.06. The summed E-state index contributed by atoms with van der Waals surface area (Å²) in [5, 5.41) is 9.42. The van der Waals surface area contributed by atoms with Gasteiger partial charge in [-0.05, 0) is 37.8 Å². The van der Waals surface area contributed by atoms with Crippen LogP contribution in [0.4, 0.5) is 10.1 Å². The van der Waals surface area contributed by atoms with Crippen molar-refractivity contribution in [2.45, 2.75) is 45.6 Å². The van der Waals surface area contributed by atoms with E-state index >= 15 is 0 Å². The molecule has 0 bridgehead atoms. The summed E-state index contributed by atoms with van der Waals surface area (Å²) < 4.78 is 16.4. The zero-order chi connectivity index (χ0) is 18.0. The van der Waals surface area contributed by atoms with E-state index in [-0.39, 0.29) is 10.9 Å². The zero-order valence-electron chi connectivity index (χ0n) is 14.4. The maximum Gasteiger partial charge on any atom is 0.341 e. The highest BCUT2D eigenvalue weighted by Crippen LogP contribution is 2.27. The number of aryl methyl sites for hydroxylation is 1. The lowest BCUT2D eigenvalue weighted by Gasteiger charge is -2.29. The number of pyridine rings is 1. The van der Waals surface area contributed by atoms with Crippen molar-refractivity contribution in [3.8, 4) is 0 Å². The van der Waals surface area contributed by atoms with Gasteiger partial charge in [-0.15, -0.1) is 0 Å². The second kappa shape index (κ2) is 7.25. The molecule has 1 aliphatic heterocycles. The fourth-order valence-electron chi connectivity index (χ4n) is 3.44. The van der Waals surface area contributed by atoms with Crippen LogP contribution in [0, 0.1) is 5.82 Å². The van der Waals surface area contributed by atoms with Crippen molar-refractivity contribution in [2.75, 3.05) is 18.0 Å². The van der Waals surface area contributed by atoms with Gasteiger partial charge in [0.25, 0.3) is 0 Å². The van der Waals surface area contributed by atoms with Gasteiger partial charge in [-0.2, -0.15) is 0 Å². The number of benzene rings is 1. The Morgan fingerprint density at radius 1 is 1.24 bits per heavy atom. The van der Waals surface area contributed by atoms with E-state index in [1.807, 2.05) is 11.8 Å². The topological polar surface area (TPSA) is 62.5 Å². The number of halogens is 1. The van der Waals surface area contributed by atoms with Crippen LogP contribution in [0.3, 0.4) is 0 Å². The number of aromatic carboxylic acids is 1. The van der Waals surface area contributed by atoms with Gasteiger partial charge >= 0.3 is 5.97 Å². The van der Waals surface area contributed by atoms with E-state index in [9.17, 15) is 19.1 Å². The standard InChI is InChI=1S/C19H23FN2O3/c1-2-3-7-22-12-14(19(24)25)18(23)13-10-15(20)17(11-16(13)22)21-8-5-4-6-9-21/h10-12H,2-9H2,1H3,(H,24,25). The third-order valence-electron chi connectivity index (χ3n) is 4.83. The molecule has 134 valence electrons. The molecule has 0 saturated carbocycles. The summed E-state index contributed by atoms with van der Waals surface area (Å²) in [7, 11) is 0. The average Bonchev–Trinajstić information content (AvgIpc) is 2.61. The highest BCUT2D eigenvalue weighted by Gasteiger charge is 2.20. The number of carboxylic acid groups (broad SMARTS) is 1. The number of carbonyl (C=O) groups is 1. The van der Waals surface area contributed by atoms with Gasteiger partial charge in [0.05, 0.1) is 11.2 Å². The van der Waals surface area contributed by atoms with Crippen molar-refractivity contribution in [1.82, 2.24) is 4.57 Å². The smallest absolute Gasteiger partial charge is 0.341 e. The van der Waals surface area contributed by atoms with Crippen molar-refractivity contribution in [1.29, 1.82) is 0 Å². The highest BCUT2D eigenvalue weighted by atomic mass is 19.1. The molecule has 25 heavy (non-hydrogen) atoms. The molecule has 0 aliphatic carbocycles. The molecule has 1 fully saturated rings. The van der Waals surface area contributed by atoms with E-state index in [4.69, 9.17) is 0 Å². The number of rotatable bonds is 5. The summed E-state index contributed by atoms with van der Waals surface area (Å²) in [5.74, 6) is -1.74. The number of piperidine rings is 1. The van der Waals surface area contributed by atoms with Gasteiger partial charge in [0.1, 0.15) is 11.4 Å². The minimum atomic E-state index is -1.28. The summed E-state index contributed by atoms with van der Waals surface area (Å²) in [6, 6.07) is 2.91. The van der Waals surface area contributed by atoms with Crippen molar-refractivity contribution in [3.63, 3.8) is 0 Å². The fraction of sp³-hybridized carbons (Fsp3) is 0.474. The van der Waals surface area contributed by atoms with E-state index in [0.29, 0.717) is 17.7 Å². The molecule has 3 rings (SSSR count). The Bertz CT molecular complexity index is 854. The van der Waals surface area contributed by atoms with E-state index in [1.165, 1.54) is 12.3 Å². The number of hydrogen-bond acceptors (Lipinski definition) is 3. The zero-order valence-corrected chi connectivity index (χ0v) is 14.4. The lowest BCUT2D eigenvalue weighted by Crippen LogP contribution is -2.30. The maximum absolute atomic E-state index is 14.7. The summed E-state index contributed by atoms with van der Waals surface area (Å²) in [6.45, 7) is 4.24. The van der Waals surface area contributed by atoms with Gasteiger partial charge in [-0.3, -0.25) is 4.79 Å². The molecule has 0 atom stereocenters. The van der Waals surface area contributed by atoms with E-state index < -0.39 is 17.2 Å². The number of anilines is 1. The van der Waals surface area contributed by atoms with Crippen molar-refractivity contribution >= 4 is 22.6 Å². The molecule has 1 N–H and O–H groups in total. The van der Waals surface area contributed by atoms with Crippen LogP contribution in [0.25, 0.3) is 10.9 Å². The van der Waals surface area contributed by atoms with Crippen molar-refractivity contribution in [2.24, 2.45) is 0 Å². The van der Waals surface area contributed by atoms with E-state index in [0.717, 1.165) is 45.2 Å². The molecule has 1 aliphatic rings.